The highest BCUT2D eigenvalue weighted by atomic mass is 19.2. The summed E-state index contributed by atoms with van der Waals surface area (Å²) in [5, 5.41) is 15.3. The Labute approximate surface area is 165 Å². The molecule has 0 aliphatic heterocycles. The summed E-state index contributed by atoms with van der Waals surface area (Å²) in [6.45, 7) is 0. The average molecular weight is 419 g/mol. The molecule has 2 N–H and O–H groups in total. The van der Waals surface area contributed by atoms with Gasteiger partial charge in [-0.15, -0.1) is 5.10 Å². The van der Waals surface area contributed by atoms with Gasteiger partial charge in [0.25, 0.3) is 5.91 Å². The van der Waals surface area contributed by atoms with Crippen molar-refractivity contribution in [2.75, 3.05) is 5.32 Å². The van der Waals surface area contributed by atoms with E-state index in [0.29, 0.717) is 6.07 Å². The Balaban J connectivity index is 1.80. The maximum absolute atomic E-state index is 14.5. The minimum absolute atomic E-state index is 0.0886. The molecular weight excluding hydrogens is 409 g/mol. The number of halogens is 5. The minimum Gasteiger partial charge on any atom is -0.492 e. The Morgan fingerprint density at radius 3 is 2.30 bits per heavy atom. The first-order valence-electron chi connectivity index (χ1n) is 8.39. The van der Waals surface area contributed by atoms with Gasteiger partial charge < -0.3 is 10.4 Å². The van der Waals surface area contributed by atoms with Crippen molar-refractivity contribution in [3.05, 3.63) is 83.3 Å². The molecule has 4 aromatic rings. The Bertz CT molecular complexity index is 1290. The Morgan fingerprint density at radius 1 is 0.933 bits per heavy atom. The second kappa shape index (κ2) is 7.14. The minimum atomic E-state index is -1.89. The first-order chi connectivity index (χ1) is 14.3. The van der Waals surface area contributed by atoms with Crippen molar-refractivity contribution in [3.8, 4) is 17.0 Å². The summed E-state index contributed by atoms with van der Waals surface area (Å²) in [6.07, 6.45) is 1.40. The number of rotatable bonds is 3. The Kier molecular flexibility index (Phi) is 4.61. The van der Waals surface area contributed by atoms with Crippen LogP contribution in [-0.4, -0.2) is 20.6 Å². The van der Waals surface area contributed by atoms with Crippen molar-refractivity contribution in [2.45, 2.75) is 0 Å². The fourth-order valence-corrected chi connectivity index (χ4v) is 3.02. The molecule has 0 spiro atoms. The number of hydrogen-bond donors (Lipinski definition) is 2. The normalized spacial score (nSPS) is 11.1. The number of carbonyl (C=O) groups is 1. The van der Waals surface area contributed by atoms with Gasteiger partial charge in [0.2, 0.25) is 5.88 Å². The number of amides is 1. The number of benzene rings is 2. The van der Waals surface area contributed by atoms with Gasteiger partial charge in [-0.1, -0.05) is 18.2 Å². The third-order valence-electron chi connectivity index (χ3n) is 4.36. The predicted molar refractivity (Wildman–Crippen MR) is 96.5 cm³/mol. The quantitative estimate of drug-likeness (QED) is 0.375. The van der Waals surface area contributed by atoms with E-state index in [1.54, 1.807) is 11.4 Å². The van der Waals surface area contributed by atoms with Crippen molar-refractivity contribution in [1.82, 2.24) is 9.61 Å². The third kappa shape index (κ3) is 3.02. The average Bonchev–Trinajstić information content (AvgIpc) is 3.05. The zero-order valence-corrected chi connectivity index (χ0v) is 14.8. The van der Waals surface area contributed by atoms with E-state index in [4.69, 9.17) is 0 Å². The van der Waals surface area contributed by atoms with Crippen LogP contribution in [0.2, 0.25) is 0 Å². The summed E-state index contributed by atoms with van der Waals surface area (Å²) in [4.78, 5) is 12.5. The summed E-state index contributed by atoms with van der Waals surface area (Å²) < 4.78 is 72.6. The predicted octanol–water partition coefficient (Wildman–Crippen LogP) is 4.65. The van der Waals surface area contributed by atoms with Gasteiger partial charge in [-0.05, 0) is 29.8 Å². The van der Waals surface area contributed by atoms with Gasteiger partial charge in [-0.2, -0.15) is 0 Å². The number of fused-ring (bicyclic) bond motifs is 1. The molecule has 1 amide bonds. The van der Waals surface area contributed by atoms with Crippen LogP contribution in [0.3, 0.4) is 0 Å². The fraction of sp³-hybridized carbons (Fsp3) is 0. The molecule has 0 unspecified atom stereocenters. The fourth-order valence-electron chi connectivity index (χ4n) is 3.02. The molecule has 0 aliphatic carbocycles. The van der Waals surface area contributed by atoms with Crippen molar-refractivity contribution >= 4 is 17.1 Å². The van der Waals surface area contributed by atoms with Crippen LogP contribution in [0, 0.1) is 29.1 Å². The van der Waals surface area contributed by atoms with Crippen LogP contribution < -0.4 is 5.32 Å². The van der Waals surface area contributed by atoms with E-state index < -0.39 is 63.3 Å². The smallest absolute Gasteiger partial charge is 0.263 e. The lowest BCUT2D eigenvalue weighted by Gasteiger charge is -2.13. The number of pyridine rings is 1. The van der Waals surface area contributed by atoms with E-state index in [0.717, 1.165) is 22.7 Å². The van der Waals surface area contributed by atoms with E-state index in [1.165, 1.54) is 18.3 Å². The maximum atomic E-state index is 14.5. The summed E-state index contributed by atoms with van der Waals surface area (Å²) in [5.41, 5.74) is -3.32. The number of nitrogens with zero attached hydrogens (tertiary/aromatic N) is 2. The molecule has 2 aromatic carbocycles. The number of nitrogens with one attached hydrogen (secondary N) is 1. The van der Waals surface area contributed by atoms with E-state index >= 15 is 0 Å². The number of aromatic nitrogens is 2. The van der Waals surface area contributed by atoms with E-state index in [-0.39, 0.29) is 5.52 Å². The molecule has 0 saturated carbocycles. The topological polar surface area (TPSA) is 66.6 Å². The number of hydrogen-bond acceptors (Lipinski definition) is 3. The molecule has 4 rings (SSSR count). The van der Waals surface area contributed by atoms with E-state index in [2.05, 4.69) is 5.10 Å². The van der Waals surface area contributed by atoms with Gasteiger partial charge in [0.15, 0.2) is 23.3 Å². The molecular formula is C20H10F5N3O2. The highest BCUT2D eigenvalue weighted by Crippen LogP contribution is 2.35. The molecule has 2 aromatic heterocycles. The van der Waals surface area contributed by atoms with Crippen molar-refractivity contribution in [2.24, 2.45) is 0 Å². The standard InChI is InChI=1S/C20H10F5N3O2/c21-10-5-3-4-9(8-10)12-14(22)16(24)18(17(25)15(12)23)26-19(29)13-11-6-1-2-7-28(11)27-20(13)30/h1-8H,(H,26,29)(H,27,30). The van der Waals surface area contributed by atoms with Gasteiger partial charge >= 0.3 is 0 Å². The van der Waals surface area contributed by atoms with Crippen LogP contribution in [0.1, 0.15) is 10.4 Å². The Hall–Kier alpha value is -3.95. The van der Waals surface area contributed by atoms with Crippen molar-refractivity contribution in [1.29, 1.82) is 0 Å². The first-order valence-corrected chi connectivity index (χ1v) is 8.39. The molecule has 2 heterocycles. The zero-order valence-electron chi connectivity index (χ0n) is 14.8. The largest absolute Gasteiger partial charge is 0.492 e. The molecule has 0 fully saturated rings. The second-order valence-electron chi connectivity index (χ2n) is 6.20. The number of anilines is 1. The van der Waals surface area contributed by atoms with Gasteiger partial charge in [-0.3, -0.25) is 4.79 Å². The second-order valence-corrected chi connectivity index (χ2v) is 6.20. The van der Waals surface area contributed by atoms with Crippen LogP contribution in [0.15, 0.2) is 48.7 Å². The molecule has 152 valence electrons. The first kappa shape index (κ1) is 19.4. The van der Waals surface area contributed by atoms with Crippen LogP contribution in [0.4, 0.5) is 27.6 Å². The summed E-state index contributed by atoms with van der Waals surface area (Å²) in [6, 6.07) is 8.33. The zero-order chi connectivity index (χ0) is 21.6. The lowest BCUT2D eigenvalue weighted by atomic mass is 10.0. The maximum Gasteiger partial charge on any atom is 0.263 e. The van der Waals surface area contributed by atoms with Gasteiger partial charge in [0.1, 0.15) is 17.1 Å². The molecule has 30 heavy (non-hydrogen) atoms. The van der Waals surface area contributed by atoms with Crippen LogP contribution in [-0.2, 0) is 0 Å². The van der Waals surface area contributed by atoms with Crippen molar-refractivity contribution < 1.29 is 31.9 Å². The van der Waals surface area contributed by atoms with Gasteiger partial charge in [0, 0.05) is 6.20 Å². The summed E-state index contributed by atoms with van der Waals surface area (Å²) in [7, 11) is 0. The van der Waals surface area contributed by atoms with Gasteiger partial charge in [-0.25, -0.2) is 26.5 Å². The molecule has 0 radical (unpaired) electrons. The van der Waals surface area contributed by atoms with Crippen LogP contribution in [0.5, 0.6) is 5.88 Å². The number of aromatic hydroxyl groups is 1. The molecule has 0 saturated heterocycles. The van der Waals surface area contributed by atoms with E-state index in [1.807, 2.05) is 0 Å². The highest BCUT2D eigenvalue weighted by molar-refractivity contribution is 6.10. The molecule has 10 heteroatoms. The van der Waals surface area contributed by atoms with E-state index in [9.17, 15) is 31.9 Å². The highest BCUT2D eigenvalue weighted by Gasteiger charge is 2.29. The van der Waals surface area contributed by atoms with Gasteiger partial charge in [0.05, 0.1) is 11.1 Å². The van der Waals surface area contributed by atoms with Crippen molar-refractivity contribution in [3.63, 3.8) is 0 Å². The molecule has 0 aliphatic rings. The molecule has 0 atom stereocenters. The summed E-state index contributed by atoms with van der Waals surface area (Å²) >= 11 is 0. The van der Waals surface area contributed by atoms with Crippen LogP contribution >= 0.6 is 0 Å². The lowest BCUT2D eigenvalue weighted by molar-refractivity contribution is 0.102. The summed E-state index contributed by atoms with van der Waals surface area (Å²) in [5.74, 6) is -10.3. The lowest BCUT2D eigenvalue weighted by Crippen LogP contribution is -2.16. The third-order valence-corrected chi connectivity index (χ3v) is 4.36. The molecule has 0 bridgehead atoms. The molecule has 5 nitrogen and oxygen atoms in total. The SMILES string of the molecule is O=C(Nc1c(F)c(F)c(-c2cccc(F)c2)c(F)c1F)c1c(O)nn2ccccc12. The van der Waals surface area contributed by atoms with Crippen LogP contribution in [0.25, 0.3) is 16.6 Å². The monoisotopic (exact) mass is 419 g/mol. The Morgan fingerprint density at radius 2 is 1.63 bits per heavy atom. The number of carbonyl (C=O) groups excluding carboxylic acids is 1.